The number of amides is 1. The number of benzene rings is 3. The third-order valence-electron chi connectivity index (χ3n) is 5.65. The molecule has 0 aliphatic heterocycles. The van der Waals surface area contributed by atoms with Crippen LogP contribution in [0.25, 0.3) is 22.4 Å². The van der Waals surface area contributed by atoms with E-state index in [1.165, 1.54) is 5.56 Å². The minimum absolute atomic E-state index is 0.237. The van der Waals surface area contributed by atoms with Gasteiger partial charge in [-0.2, -0.15) is 0 Å². The lowest BCUT2D eigenvalue weighted by Crippen LogP contribution is -2.10. The molecule has 2 heterocycles. The number of furan rings is 1. The first-order valence-corrected chi connectivity index (χ1v) is 11.5. The van der Waals surface area contributed by atoms with Gasteiger partial charge in [0.2, 0.25) is 0 Å². The molecule has 5 aromatic rings. The van der Waals surface area contributed by atoms with E-state index in [1.54, 1.807) is 24.3 Å². The van der Waals surface area contributed by atoms with Crippen LogP contribution in [-0.2, 0) is 6.42 Å². The quantitative estimate of drug-likeness (QED) is 0.276. The standard InChI is InChI=1S/C28H23ClN2O3/c1-17(2)20-7-12-25-23(16-20)31-27(34-25)15-18-3-10-22(11-4-18)30-28(32)26-14-13-24(33-26)19-5-8-21(29)9-6-19/h3-14,16-17H,15H2,1-2H3,(H,30,32). The summed E-state index contributed by atoms with van der Waals surface area (Å²) in [4.78, 5) is 17.3. The van der Waals surface area contributed by atoms with E-state index in [0.717, 1.165) is 22.2 Å². The van der Waals surface area contributed by atoms with Gasteiger partial charge in [-0.05, 0) is 77.7 Å². The van der Waals surface area contributed by atoms with E-state index < -0.39 is 0 Å². The number of aromatic nitrogens is 1. The van der Waals surface area contributed by atoms with E-state index in [-0.39, 0.29) is 11.7 Å². The molecule has 0 saturated heterocycles. The zero-order chi connectivity index (χ0) is 23.7. The maximum Gasteiger partial charge on any atom is 0.291 e. The molecule has 0 bridgehead atoms. The fourth-order valence-electron chi connectivity index (χ4n) is 3.73. The van der Waals surface area contributed by atoms with E-state index in [2.05, 4.69) is 36.3 Å². The number of halogens is 1. The van der Waals surface area contributed by atoms with Crippen LogP contribution in [0.1, 0.15) is 47.3 Å². The lowest BCUT2D eigenvalue weighted by atomic mass is 10.0. The molecule has 2 aromatic heterocycles. The summed E-state index contributed by atoms with van der Waals surface area (Å²) < 4.78 is 11.6. The maximum atomic E-state index is 12.6. The number of hydrogen-bond donors (Lipinski definition) is 1. The predicted octanol–water partition coefficient (Wildman–Crippen LogP) is 7.71. The van der Waals surface area contributed by atoms with Gasteiger partial charge in [0.1, 0.15) is 11.3 Å². The lowest BCUT2D eigenvalue weighted by molar-refractivity contribution is 0.0997. The number of carbonyl (C=O) groups is 1. The zero-order valence-electron chi connectivity index (χ0n) is 18.8. The van der Waals surface area contributed by atoms with E-state index in [9.17, 15) is 4.79 Å². The van der Waals surface area contributed by atoms with Crippen molar-refractivity contribution in [2.75, 3.05) is 5.32 Å². The van der Waals surface area contributed by atoms with Crippen molar-refractivity contribution < 1.29 is 13.6 Å². The van der Waals surface area contributed by atoms with Crippen LogP contribution < -0.4 is 5.32 Å². The molecule has 170 valence electrons. The second-order valence-corrected chi connectivity index (χ2v) is 8.92. The van der Waals surface area contributed by atoms with Gasteiger partial charge >= 0.3 is 0 Å². The third kappa shape index (κ3) is 4.75. The minimum atomic E-state index is -0.312. The first-order valence-electron chi connectivity index (χ1n) is 11.1. The Morgan fingerprint density at radius 2 is 1.71 bits per heavy atom. The Balaban J connectivity index is 1.24. The Kier molecular flexibility index (Phi) is 5.95. The van der Waals surface area contributed by atoms with Gasteiger partial charge in [0.25, 0.3) is 5.91 Å². The summed E-state index contributed by atoms with van der Waals surface area (Å²) in [6.45, 7) is 4.32. The van der Waals surface area contributed by atoms with Crippen LogP contribution in [0.5, 0.6) is 0 Å². The highest BCUT2D eigenvalue weighted by molar-refractivity contribution is 6.30. The largest absolute Gasteiger partial charge is 0.451 e. The highest BCUT2D eigenvalue weighted by Gasteiger charge is 2.13. The highest BCUT2D eigenvalue weighted by atomic mass is 35.5. The number of anilines is 1. The summed E-state index contributed by atoms with van der Waals surface area (Å²) in [7, 11) is 0. The molecule has 6 heteroatoms. The summed E-state index contributed by atoms with van der Waals surface area (Å²) in [6.07, 6.45) is 0.572. The van der Waals surface area contributed by atoms with E-state index in [4.69, 9.17) is 20.4 Å². The summed E-state index contributed by atoms with van der Waals surface area (Å²) in [6, 6.07) is 24.4. The van der Waals surface area contributed by atoms with E-state index in [0.29, 0.717) is 34.7 Å². The highest BCUT2D eigenvalue weighted by Crippen LogP contribution is 2.25. The van der Waals surface area contributed by atoms with Crippen molar-refractivity contribution in [1.82, 2.24) is 4.98 Å². The topological polar surface area (TPSA) is 68.3 Å². The van der Waals surface area contributed by atoms with Crippen LogP contribution in [0, 0.1) is 0 Å². The number of nitrogens with zero attached hydrogens (tertiary/aromatic N) is 1. The van der Waals surface area contributed by atoms with Crippen molar-refractivity contribution in [3.63, 3.8) is 0 Å². The second kappa shape index (κ2) is 9.20. The Bertz CT molecular complexity index is 1450. The van der Waals surface area contributed by atoms with Crippen LogP contribution >= 0.6 is 11.6 Å². The molecule has 1 N–H and O–H groups in total. The van der Waals surface area contributed by atoms with Crippen molar-refractivity contribution in [3.8, 4) is 11.3 Å². The predicted molar refractivity (Wildman–Crippen MR) is 134 cm³/mol. The Labute approximate surface area is 202 Å². The molecule has 34 heavy (non-hydrogen) atoms. The number of rotatable bonds is 6. The number of carbonyl (C=O) groups excluding carboxylic acids is 1. The van der Waals surface area contributed by atoms with Crippen LogP contribution in [-0.4, -0.2) is 10.9 Å². The summed E-state index contributed by atoms with van der Waals surface area (Å²) >= 11 is 5.93. The van der Waals surface area contributed by atoms with Crippen molar-refractivity contribution in [2.24, 2.45) is 0 Å². The molecule has 0 aliphatic rings. The van der Waals surface area contributed by atoms with Gasteiger partial charge in [-0.15, -0.1) is 0 Å². The maximum absolute atomic E-state index is 12.6. The number of fused-ring (bicyclic) bond motifs is 1. The molecule has 0 radical (unpaired) electrons. The molecule has 0 unspecified atom stereocenters. The van der Waals surface area contributed by atoms with Crippen LogP contribution in [0.3, 0.4) is 0 Å². The molecule has 0 saturated carbocycles. The van der Waals surface area contributed by atoms with Crippen molar-refractivity contribution in [3.05, 3.63) is 107 Å². The van der Waals surface area contributed by atoms with Crippen molar-refractivity contribution in [2.45, 2.75) is 26.2 Å². The SMILES string of the molecule is CC(C)c1ccc2oc(Cc3ccc(NC(=O)c4ccc(-c5ccc(Cl)cc5)o4)cc3)nc2c1. The first-order chi connectivity index (χ1) is 16.4. The van der Waals surface area contributed by atoms with Gasteiger partial charge in [-0.3, -0.25) is 4.79 Å². The van der Waals surface area contributed by atoms with Gasteiger partial charge < -0.3 is 14.2 Å². The zero-order valence-corrected chi connectivity index (χ0v) is 19.6. The average Bonchev–Trinajstić information content (AvgIpc) is 3.47. The fraction of sp³-hybridized carbons (Fsp3) is 0.143. The average molecular weight is 471 g/mol. The lowest BCUT2D eigenvalue weighted by Gasteiger charge is -2.04. The summed E-state index contributed by atoms with van der Waals surface area (Å²) in [5.41, 5.74) is 5.48. The van der Waals surface area contributed by atoms with Crippen LogP contribution in [0.2, 0.25) is 5.02 Å². The van der Waals surface area contributed by atoms with Crippen molar-refractivity contribution in [1.29, 1.82) is 0 Å². The minimum Gasteiger partial charge on any atom is -0.451 e. The summed E-state index contributed by atoms with van der Waals surface area (Å²) in [5, 5.41) is 3.51. The molecule has 3 aromatic carbocycles. The number of nitrogens with one attached hydrogen (secondary N) is 1. The first kappa shape index (κ1) is 22.0. The van der Waals surface area contributed by atoms with Crippen LogP contribution in [0.4, 0.5) is 5.69 Å². The van der Waals surface area contributed by atoms with Gasteiger partial charge in [0.15, 0.2) is 17.2 Å². The van der Waals surface area contributed by atoms with E-state index in [1.807, 2.05) is 42.5 Å². The summed E-state index contributed by atoms with van der Waals surface area (Å²) in [5.74, 6) is 1.64. The second-order valence-electron chi connectivity index (χ2n) is 8.49. The number of hydrogen-bond acceptors (Lipinski definition) is 4. The molecule has 1 amide bonds. The smallest absolute Gasteiger partial charge is 0.291 e. The van der Waals surface area contributed by atoms with Crippen molar-refractivity contribution >= 4 is 34.3 Å². The normalized spacial score (nSPS) is 11.3. The molecule has 5 rings (SSSR count). The Morgan fingerprint density at radius 3 is 2.44 bits per heavy atom. The van der Waals surface area contributed by atoms with Crippen LogP contribution in [0.15, 0.2) is 87.7 Å². The Morgan fingerprint density at radius 1 is 0.941 bits per heavy atom. The monoisotopic (exact) mass is 470 g/mol. The molecular formula is C28H23ClN2O3. The third-order valence-corrected chi connectivity index (χ3v) is 5.90. The van der Waals surface area contributed by atoms with Gasteiger partial charge in [-0.1, -0.05) is 43.6 Å². The van der Waals surface area contributed by atoms with E-state index >= 15 is 0 Å². The molecular weight excluding hydrogens is 448 g/mol. The molecule has 0 fully saturated rings. The molecule has 5 nitrogen and oxygen atoms in total. The van der Waals surface area contributed by atoms with Gasteiger partial charge in [-0.25, -0.2) is 4.98 Å². The molecule has 0 spiro atoms. The van der Waals surface area contributed by atoms with Gasteiger partial charge in [0.05, 0.1) is 0 Å². The fourth-order valence-corrected chi connectivity index (χ4v) is 3.86. The van der Waals surface area contributed by atoms with Gasteiger partial charge in [0, 0.05) is 22.7 Å². The Hall–Kier alpha value is -3.83. The molecule has 0 atom stereocenters. The molecule has 0 aliphatic carbocycles. The number of oxazole rings is 1.